The molecule has 3 aromatic heterocycles. The molecule has 0 amide bonds. The Bertz CT molecular complexity index is 1940. The molecule has 178 valence electrons. The van der Waals surface area contributed by atoms with E-state index in [1.54, 1.807) is 24.5 Å². The van der Waals surface area contributed by atoms with Crippen molar-refractivity contribution in [3.63, 3.8) is 0 Å². The second-order valence-electron chi connectivity index (χ2n) is 8.29. The Balaban J connectivity index is 1.64. The summed E-state index contributed by atoms with van der Waals surface area (Å²) >= 11 is 1.43. The fourth-order valence-corrected chi connectivity index (χ4v) is 5.57. The van der Waals surface area contributed by atoms with Gasteiger partial charge >= 0.3 is 0 Å². The molecule has 0 aliphatic carbocycles. The monoisotopic (exact) mass is 514 g/mol. The number of fused-ring (bicyclic) bond motifs is 2. The van der Waals surface area contributed by atoms with Gasteiger partial charge in [-0.25, -0.2) is 18.4 Å². The lowest BCUT2D eigenvalue weighted by atomic mass is 9.95. The van der Waals surface area contributed by atoms with Crippen molar-refractivity contribution in [2.24, 2.45) is 0 Å². The number of rotatable bonds is 4. The topological polar surface area (TPSA) is 147 Å². The van der Waals surface area contributed by atoms with Crippen LogP contribution in [-0.2, 0) is 9.84 Å². The summed E-state index contributed by atoms with van der Waals surface area (Å²) in [6.45, 7) is 0. The summed E-state index contributed by atoms with van der Waals surface area (Å²) in [4.78, 5) is 25.7. The van der Waals surface area contributed by atoms with Crippen LogP contribution in [0.3, 0.4) is 0 Å². The number of nitrogens with one attached hydrogen (secondary N) is 2. The summed E-state index contributed by atoms with van der Waals surface area (Å²) in [6.07, 6.45) is 4.56. The van der Waals surface area contributed by atoms with Gasteiger partial charge in [0.2, 0.25) is 0 Å². The predicted molar refractivity (Wildman–Crippen MR) is 142 cm³/mol. The molecular formula is C25H18N6O3S2. The first-order chi connectivity index (χ1) is 17.3. The quantitative estimate of drug-likeness (QED) is 0.298. The maximum absolute atomic E-state index is 13.4. The third-order valence-electron chi connectivity index (χ3n) is 6.02. The average molecular weight is 515 g/mol. The molecule has 0 atom stereocenters. The Morgan fingerprint density at radius 2 is 1.83 bits per heavy atom. The van der Waals surface area contributed by atoms with Crippen molar-refractivity contribution < 1.29 is 8.42 Å². The van der Waals surface area contributed by atoms with Gasteiger partial charge in [0.15, 0.2) is 9.84 Å². The van der Waals surface area contributed by atoms with E-state index in [1.807, 2.05) is 29.6 Å². The molecule has 4 N–H and O–H groups in total. The van der Waals surface area contributed by atoms with Crippen LogP contribution in [0.25, 0.3) is 54.9 Å². The summed E-state index contributed by atoms with van der Waals surface area (Å²) in [6, 6.07) is 13.8. The number of hydrogen-bond donors (Lipinski definition) is 3. The first kappa shape index (κ1) is 22.1. The number of aromatic nitrogens is 5. The molecule has 6 rings (SSSR count). The van der Waals surface area contributed by atoms with Crippen molar-refractivity contribution in [1.29, 1.82) is 0 Å². The lowest BCUT2D eigenvalue weighted by Crippen LogP contribution is -2.13. The maximum atomic E-state index is 13.4. The van der Waals surface area contributed by atoms with Gasteiger partial charge in [-0.1, -0.05) is 12.1 Å². The summed E-state index contributed by atoms with van der Waals surface area (Å²) in [5.41, 5.74) is 10.5. The van der Waals surface area contributed by atoms with Gasteiger partial charge in [0.25, 0.3) is 5.56 Å². The third kappa shape index (κ3) is 3.56. The van der Waals surface area contributed by atoms with Crippen LogP contribution < -0.4 is 11.3 Å². The molecule has 0 bridgehead atoms. The molecule has 0 radical (unpaired) electrons. The Labute approximate surface area is 208 Å². The van der Waals surface area contributed by atoms with Gasteiger partial charge in [-0.05, 0) is 42.0 Å². The van der Waals surface area contributed by atoms with Crippen LogP contribution in [0.4, 0.5) is 5.69 Å². The van der Waals surface area contributed by atoms with Crippen molar-refractivity contribution in [3.8, 4) is 33.1 Å². The van der Waals surface area contributed by atoms with E-state index < -0.39 is 15.4 Å². The lowest BCUT2D eigenvalue weighted by Gasteiger charge is -2.14. The highest BCUT2D eigenvalue weighted by atomic mass is 32.2. The largest absolute Gasteiger partial charge is 0.398 e. The van der Waals surface area contributed by atoms with Gasteiger partial charge in [-0.15, -0.1) is 11.3 Å². The molecule has 3 aromatic carbocycles. The lowest BCUT2D eigenvalue weighted by molar-refractivity contribution is 0.602. The number of aromatic amines is 2. The number of nitrogen functional groups attached to an aromatic ring is 1. The zero-order valence-corrected chi connectivity index (χ0v) is 20.4. The van der Waals surface area contributed by atoms with Crippen molar-refractivity contribution >= 4 is 48.7 Å². The molecule has 3 heterocycles. The highest BCUT2D eigenvalue weighted by Crippen LogP contribution is 2.40. The number of anilines is 1. The van der Waals surface area contributed by atoms with Gasteiger partial charge in [0.1, 0.15) is 10.8 Å². The SMILES string of the molecule is CS(=O)(=O)c1ccc(-c2nc3c(-c4nccs4)cc(-c4cccc5[nH]ncc45)c(N)c3c(=O)[nH]2)cc1. The van der Waals surface area contributed by atoms with Crippen LogP contribution in [0, 0.1) is 0 Å². The van der Waals surface area contributed by atoms with Crippen LogP contribution in [0.5, 0.6) is 0 Å². The Kier molecular flexibility index (Phi) is 4.99. The van der Waals surface area contributed by atoms with Crippen molar-refractivity contribution in [2.75, 3.05) is 12.0 Å². The molecule has 0 saturated carbocycles. The second-order valence-corrected chi connectivity index (χ2v) is 11.2. The van der Waals surface area contributed by atoms with Crippen molar-refractivity contribution in [1.82, 2.24) is 25.1 Å². The minimum atomic E-state index is -3.35. The summed E-state index contributed by atoms with van der Waals surface area (Å²) in [5.74, 6) is 0.300. The molecule has 0 spiro atoms. The summed E-state index contributed by atoms with van der Waals surface area (Å²) < 4.78 is 23.7. The average Bonchev–Trinajstić information content (AvgIpc) is 3.56. The number of H-pyrrole nitrogens is 2. The summed E-state index contributed by atoms with van der Waals surface area (Å²) in [5, 5.41) is 10.8. The first-order valence-corrected chi connectivity index (χ1v) is 13.6. The molecule has 36 heavy (non-hydrogen) atoms. The Morgan fingerprint density at radius 3 is 2.56 bits per heavy atom. The molecule has 0 aliphatic heterocycles. The van der Waals surface area contributed by atoms with E-state index in [9.17, 15) is 13.2 Å². The van der Waals surface area contributed by atoms with Crippen LogP contribution in [0.2, 0.25) is 0 Å². The minimum Gasteiger partial charge on any atom is -0.398 e. The van der Waals surface area contributed by atoms with Crippen LogP contribution in [0.15, 0.2) is 76.0 Å². The fraction of sp³-hybridized carbons (Fsp3) is 0.0400. The van der Waals surface area contributed by atoms with Gasteiger partial charge in [0.05, 0.1) is 33.2 Å². The number of nitrogens with zero attached hydrogens (tertiary/aromatic N) is 3. The molecule has 0 unspecified atom stereocenters. The van der Waals surface area contributed by atoms with E-state index in [0.29, 0.717) is 38.7 Å². The van der Waals surface area contributed by atoms with Gasteiger partial charge in [-0.3, -0.25) is 9.89 Å². The summed E-state index contributed by atoms with van der Waals surface area (Å²) in [7, 11) is -3.35. The zero-order valence-electron chi connectivity index (χ0n) is 18.8. The number of sulfone groups is 1. The highest BCUT2D eigenvalue weighted by Gasteiger charge is 2.21. The van der Waals surface area contributed by atoms with Gasteiger partial charge in [0, 0.05) is 39.9 Å². The van der Waals surface area contributed by atoms with Crippen molar-refractivity contribution in [3.05, 3.63) is 76.7 Å². The van der Waals surface area contributed by atoms with Crippen LogP contribution >= 0.6 is 11.3 Å². The smallest absolute Gasteiger partial charge is 0.261 e. The van der Waals surface area contributed by atoms with Crippen LogP contribution in [0.1, 0.15) is 0 Å². The van der Waals surface area contributed by atoms with E-state index in [-0.39, 0.29) is 10.3 Å². The number of benzene rings is 3. The van der Waals surface area contributed by atoms with E-state index in [1.165, 1.54) is 23.5 Å². The van der Waals surface area contributed by atoms with E-state index in [0.717, 1.165) is 22.7 Å². The molecule has 0 fully saturated rings. The van der Waals surface area contributed by atoms with Gasteiger partial charge < -0.3 is 10.7 Å². The van der Waals surface area contributed by atoms with Gasteiger partial charge in [-0.2, -0.15) is 5.10 Å². The third-order valence-corrected chi connectivity index (χ3v) is 7.95. The van der Waals surface area contributed by atoms with Crippen molar-refractivity contribution in [2.45, 2.75) is 4.90 Å². The molecule has 0 aliphatic rings. The molecule has 0 saturated heterocycles. The van der Waals surface area contributed by atoms with E-state index in [2.05, 4.69) is 20.2 Å². The highest BCUT2D eigenvalue weighted by molar-refractivity contribution is 7.90. The minimum absolute atomic E-state index is 0.181. The predicted octanol–water partition coefficient (Wildman–Crippen LogP) is 4.24. The van der Waals surface area contributed by atoms with E-state index in [4.69, 9.17) is 10.7 Å². The molecule has 6 aromatic rings. The Hall–Kier alpha value is -4.35. The maximum Gasteiger partial charge on any atom is 0.261 e. The number of thiazole rings is 1. The fourth-order valence-electron chi connectivity index (χ4n) is 4.29. The standard InChI is InChI=1S/C25H18N6O3S2/c1-36(33,34)14-7-5-13(6-8-14)23-29-22-17(25-27-9-10-35-25)11-16(21(26)20(22)24(32)30-23)15-3-2-4-19-18(15)12-28-31-19/h2-12H,26H2,1H3,(H,28,31)(H,29,30,32). The zero-order chi connectivity index (χ0) is 25.0. The second kappa shape index (κ2) is 8.11. The number of hydrogen-bond acceptors (Lipinski definition) is 8. The normalized spacial score (nSPS) is 11.9. The molecule has 11 heteroatoms. The Morgan fingerprint density at radius 1 is 1.03 bits per heavy atom. The first-order valence-electron chi connectivity index (χ1n) is 10.8. The molecule has 9 nitrogen and oxygen atoms in total. The van der Waals surface area contributed by atoms with Crippen LogP contribution in [-0.4, -0.2) is 39.8 Å². The number of nitrogens with two attached hydrogens (primary N) is 1. The molecular weight excluding hydrogens is 496 g/mol. The van der Waals surface area contributed by atoms with E-state index >= 15 is 0 Å².